The molecule has 0 aliphatic carbocycles. The van der Waals surface area contributed by atoms with Gasteiger partial charge >= 0.3 is 0 Å². The van der Waals surface area contributed by atoms with Gasteiger partial charge in [-0.2, -0.15) is 0 Å². The van der Waals surface area contributed by atoms with Crippen LogP contribution in [0.15, 0.2) is 22.7 Å². The van der Waals surface area contributed by atoms with Gasteiger partial charge in [0.2, 0.25) is 0 Å². The van der Waals surface area contributed by atoms with Crippen LogP contribution in [0.25, 0.3) is 0 Å². The molecule has 0 saturated heterocycles. The molecule has 0 aliphatic heterocycles. The van der Waals surface area contributed by atoms with Crippen molar-refractivity contribution >= 4 is 15.9 Å². The van der Waals surface area contributed by atoms with E-state index in [1.165, 1.54) is 15.6 Å². The van der Waals surface area contributed by atoms with E-state index in [-0.39, 0.29) is 0 Å². The molecule has 1 rings (SSSR count). The van der Waals surface area contributed by atoms with E-state index in [1.54, 1.807) is 0 Å². The molecule has 0 unspecified atom stereocenters. The Morgan fingerprint density at radius 2 is 2.12 bits per heavy atom. The summed E-state index contributed by atoms with van der Waals surface area (Å²) >= 11 is 3.59. The minimum absolute atomic E-state index is 0.929. The van der Waals surface area contributed by atoms with E-state index in [4.69, 9.17) is 0 Å². The third kappa shape index (κ3) is 4.64. The van der Waals surface area contributed by atoms with Crippen molar-refractivity contribution in [3.8, 4) is 0 Å². The maximum absolute atomic E-state index is 3.59. The van der Waals surface area contributed by atoms with Crippen LogP contribution in [-0.4, -0.2) is 31.6 Å². The lowest BCUT2D eigenvalue weighted by molar-refractivity contribution is 0.349. The molecule has 0 aliphatic rings. The largest absolute Gasteiger partial charge is 0.311 e. The topological polar surface area (TPSA) is 15.3 Å². The van der Waals surface area contributed by atoms with Gasteiger partial charge in [-0.15, -0.1) is 0 Å². The van der Waals surface area contributed by atoms with Crippen LogP contribution >= 0.6 is 15.9 Å². The maximum atomic E-state index is 3.59. The van der Waals surface area contributed by atoms with Gasteiger partial charge in [0.05, 0.1) is 0 Å². The van der Waals surface area contributed by atoms with Crippen molar-refractivity contribution in [3.63, 3.8) is 0 Å². The minimum atomic E-state index is 0.929. The van der Waals surface area contributed by atoms with E-state index < -0.39 is 0 Å². The van der Waals surface area contributed by atoms with Crippen LogP contribution in [0.4, 0.5) is 0 Å². The Morgan fingerprint density at radius 3 is 2.75 bits per heavy atom. The van der Waals surface area contributed by atoms with Gasteiger partial charge in [-0.3, -0.25) is 0 Å². The van der Waals surface area contributed by atoms with Gasteiger partial charge in [-0.25, -0.2) is 0 Å². The molecule has 90 valence electrons. The second kappa shape index (κ2) is 7.05. The van der Waals surface area contributed by atoms with E-state index >= 15 is 0 Å². The molecule has 0 saturated carbocycles. The number of rotatable bonds is 6. The first-order valence-electron chi connectivity index (χ1n) is 5.77. The van der Waals surface area contributed by atoms with Crippen molar-refractivity contribution in [3.05, 3.63) is 33.8 Å². The smallest absolute Gasteiger partial charge is 0.0222 e. The fraction of sp³-hybridized carbons (Fsp3) is 0.538. The van der Waals surface area contributed by atoms with Crippen LogP contribution in [-0.2, 0) is 6.54 Å². The van der Waals surface area contributed by atoms with Crippen LogP contribution < -0.4 is 5.32 Å². The van der Waals surface area contributed by atoms with Gasteiger partial charge in [0.1, 0.15) is 0 Å². The van der Waals surface area contributed by atoms with Crippen LogP contribution in [0.2, 0.25) is 0 Å². The molecule has 0 bridgehead atoms. The summed E-state index contributed by atoms with van der Waals surface area (Å²) in [5, 5.41) is 3.46. The summed E-state index contributed by atoms with van der Waals surface area (Å²) in [4.78, 5) is 2.30. The third-order valence-electron chi connectivity index (χ3n) is 2.73. The van der Waals surface area contributed by atoms with Crippen LogP contribution in [0.1, 0.15) is 18.1 Å². The molecule has 2 nitrogen and oxygen atoms in total. The standard InChI is InChI=1S/C13H21BrN2/c1-4-16(3)8-7-15-10-12-6-5-11(2)9-13(12)14/h5-6,9,15H,4,7-8,10H2,1-3H3. The van der Waals surface area contributed by atoms with Crippen LogP contribution in [0.3, 0.4) is 0 Å². The van der Waals surface area contributed by atoms with E-state index in [9.17, 15) is 0 Å². The fourth-order valence-corrected chi connectivity index (χ4v) is 2.08. The first-order chi connectivity index (χ1) is 7.63. The zero-order valence-electron chi connectivity index (χ0n) is 10.4. The summed E-state index contributed by atoms with van der Waals surface area (Å²) in [5.74, 6) is 0. The molecule has 0 fully saturated rings. The van der Waals surface area contributed by atoms with Crippen molar-refractivity contribution in [1.29, 1.82) is 0 Å². The number of hydrogen-bond acceptors (Lipinski definition) is 2. The number of aryl methyl sites for hydroxylation is 1. The molecular weight excluding hydrogens is 264 g/mol. The summed E-state index contributed by atoms with van der Waals surface area (Å²) in [5.41, 5.74) is 2.62. The molecule has 0 spiro atoms. The van der Waals surface area contributed by atoms with Gasteiger partial charge < -0.3 is 10.2 Å². The Labute approximate surface area is 107 Å². The molecule has 0 aromatic heterocycles. The lowest BCUT2D eigenvalue weighted by Crippen LogP contribution is -2.28. The monoisotopic (exact) mass is 284 g/mol. The molecule has 3 heteroatoms. The summed E-state index contributed by atoms with van der Waals surface area (Å²) in [7, 11) is 2.14. The Hall–Kier alpha value is -0.380. The second-order valence-corrected chi connectivity index (χ2v) is 5.02. The average molecular weight is 285 g/mol. The highest BCUT2D eigenvalue weighted by Gasteiger charge is 1.99. The van der Waals surface area contributed by atoms with Crippen LogP contribution in [0.5, 0.6) is 0 Å². The van der Waals surface area contributed by atoms with Crippen LogP contribution in [0, 0.1) is 6.92 Å². The molecular formula is C13H21BrN2. The molecule has 0 atom stereocenters. The Balaban J connectivity index is 2.32. The van der Waals surface area contributed by atoms with E-state index in [0.717, 1.165) is 26.2 Å². The number of hydrogen-bond donors (Lipinski definition) is 1. The van der Waals surface area contributed by atoms with Crippen molar-refractivity contribution in [2.75, 3.05) is 26.7 Å². The van der Waals surface area contributed by atoms with E-state index in [2.05, 4.69) is 65.2 Å². The summed E-state index contributed by atoms with van der Waals surface area (Å²) < 4.78 is 1.20. The second-order valence-electron chi connectivity index (χ2n) is 4.17. The Morgan fingerprint density at radius 1 is 1.38 bits per heavy atom. The van der Waals surface area contributed by atoms with E-state index in [0.29, 0.717) is 0 Å². The van der Waals surface area contributed by atoms with Gasteiger partial charge in [0, 0.05) is 24.1 Å². The quantitative estimate of drug-likeness (QED) is 0.809. The molecule has 1 aromatic rings. The zero-order chi connectivity index (χ0) is 12.0. The van der Waals surface area contributed by atoms with Crippen molar-refractivity contribution in [2.45, 2.75) is 20.4 Å². The van der Waals surface area contributed by atoms with Gasteiger partial charge in [0.15, 0.2) is 0 Å². The highest BCUT2D eigenvalue weighted by Crippen LogP contribution is 2.17. The number of likely N-dealkylation sites (N-methyl/N-ethyl adjacent to an activating group) is 1. The number of nitrogens with one attached hydrogen (secondary N) is 1. The lowest BCUT2D eigenvalue weighted by Gasteiger charge is -2.14. The average Bonchev–Trinajstić information content (AvgIpc) is 2.26. The number of benzene rings is 1. The summed E-state index contributed by atoms with van der Waals surface area (Å²) in [6, 6.07) is 6.49. The summed E-state index contributed by atoms with van der Waals surface area (Å²) in [6.45, 7) is 8.45. The zero-order valence-corrected chi connectivity index (χ0v) is 12.0. The predicted molar refractivity (Wildman–Crippen MR) is 73.8 cm³/mol. The normalized spacial score (nSPS) is 11.1. The molecule has 0 radical (unpaired) electrons. The molecule has 16 heavy (non-hydrogen) atoms. The first-order valence-corrected chi connectivity index (χ1v) is 6.57. The van der Waals surface area contributed by atoms with Crippen molar-refractivity contribution in [1.82, 2.24) is 10.2 Å². The number of nitrogens with zero attached hydrogens (tertiary/aromatic N) is 1. The molecule has 0 heterocycles. The molecule has 1 N–H and O–H groups in total. The Bertz CT molecular complexity index is 326. The van der Waals surface area contributed by atoms with Gasteiger partial charge in [-0.1, -0.05) is 35.0 Å². The van der Waals surface area contributed by atoms with Crippen molar-refractivity contribution in [2.24, 2.45) is 0 Å². The number of halogens is 1. The molecule has 0 amide bonds. The predicted octanol–water partition coefficient (Wildman–Crippen LogP) is 2.80. The van der Waals surface area contributed by atoms with Crippen molar-refractivity contribution < 1.29 is 0 Å². The minimum Gasteiger partial charge on any atom is -0.311 e. The summed E-state index contributed by atoms with van der Waals surface area (Å²) in [6.07, 6.45) is 0. The SMILES string of the molecule is CCN(C)CCNCc1ccc(C)cc1Br. The fourth-order valence-electron chi connectivity index (χ4n) is 1.45. The lowest BCUT2D eigenvalue weighted by atomic mass is 10.1. The van der Waals surface area contributed by atoms with E-state index in [1.807, 2.05) is 0 Å². The third-order valence-corrected chi connectivity index (χ3v) is 3.47. The molecule has 1 aromatic carbocycles. The maximum Gasteiger partial charge on any atom is 0.0222 e. The Kier molecular flexibility index (Phi) is 6.03. The van der Waals surface area contributed by atoms with Gasteiger partial charge in [-0.05, 0) is 37.7 Å². The van der Waals surface area contributed by atoms with Gasteiger partial charge in [0.25, 0.3) is 0 Å². The highest BCUT2D eigenvalue weighted by atomic mass is 79.9. The highest BCUT2D eigenvalue weighted by molar-refractivity contribution is 9.10. The first kappa shape index (κ1) is 13.7.